The van der Waals surface area contributed by atoms with Gasteiger partial charge >= 0.3 is 0 Å². The molecule has 0 radical (unpaired) electrons. The fraction of sp³-hybridized carbons (Fsp3) is 0.368. The van der Waals surface area contributed by atoms with E-state index in [1.807, 2.05) is 61.5 Å². The van der Waals surface area contributed by atoms with Crippen LogP contribution in [-0.4, -0.2) is 12.9 Å². The molecule has 0 saturated heterocycles. The predicted molar refractivity (Wildman–Crippen MR) is 88.2 cm³/mol. The molecular weight excluding hydrogens is 276 g/mol. The molecule has 0 N–H and O–H groups in total. The van der Waals surface area contributed by atoms with Crippen LogP contribution in [-0.2, 0) is 11.3 Å². The van der Waals surface area contributed by atoms with Gasteiger partial charge in [-0.1, -0.05) is 43.7 Å². The second-order valence-electron chi connectivity index (χ2n) is 5.16. The molecule has 2 aromatic carbocycles. The van der Waals surface area contributed by atoms with Crippen molar-refractivity contribution in [2.75, 3.05) is 6.61 Å². The zero-order valence-corrected chi connectivity index (χ0v) is 13.3. The molecule has 2 rings (SSSR count). The summed E-state index contributed by atoms with van der Waals surface area (Å²) in [4.78, 5) is 0. The SMILES string of the molecule is CCCCOC(C)Oc1ccc(OCc2ccccc2)cc1. The number of benzene rings is 2. The van der Waals surface area contributed by atoms with E-state index in [-0.39, 0.29) is 6.29 Å². The van der Waals surface area contributed by atoms with Gasteiger partial charge in [-0.2, -0.15) is 0 Å². The molecule has 0 heterocycles. The molecule has 0 aliphatic carbocycles. The molecule has 1 atom stereocenters. The van der Waals surface area contributed by atoms with Gasteiger partial charge in [0.2, 0.25) is 0 Å². The van der Waals surface area contributed by atoms with Crippen molar-refractivity contribution in [3.05, 3.63) is 60.2 Å². The summed E-state index contributed by atoms with van der Waals surface area (Å²) < 4.78 is 17.0. The average molecular weight is 300 g/mol. The monoisotopic (exact) mass is 300 g/mol. The van der Waals surface area contributed by atoms with E-state index in [1.54, 1.807) is 0 Å². The van der Waals surface area contributed by atoms with Crippen molar-refractivity contribution in [3.63, 3.8) is 0 Å². The first-order chi connectivity index (χ1) is 10.8. The van der Waals surface area contributed by atoms with Crippen LogP contribution in [0.5, 0.6) is 11.5 Å². The fourth-order valence-electron chi connectivity index (χ4n) is 1.97. The highest BCUT2D eigenvalue weighted by atomic mass is 16.7. The van der Waals surface area contributed by atoms with Crippen LogP contribution in [0.1, 0.15) is 32.3 Å². The highest BCUT2D eigenvalue weighted by molar-refractivity contribution is 5.31. The van der Waals surface area contributed by atoms with Gasteiger partial charge in [-0.15, -0.1) is 0 Å². The van der Waals surface area contributed by atoms with Gasteiger partial charge in [0, 0.05) is 0 Å². The Hall–Kier alpha value is -2.00. The van der Waals surface area contributed by atoms with E-state index in [1.165, 1.54) is 0 Å². The number of unbranched alkanes of at least 4 members (excludes halogenated alkanes) is 1. The van der Waals surface area contributed by atoms with Gasteiger partial charge in [0.15, 0.2) is 6.29 Å². The van der Waals surface area contributed by atoms with Gasteiger partial charge in [-0.25, -0.2) is 0 Å². The van der Waals surface area contributed by atoms with E-state index in [0.717, 1.165) is 36.5 Å². The second kappa shape index (κ2) is 9.11. The topological polar surface area (TPSA) is 27.7 Å². The molecule has 0 fully saturated rings. The van der Waals surface area contributed by atoms with Crippen LogP contribution in [0.25, 0.3) is 0 Å². The van der Waals surface area contributed by atoms with Crippen molar-refractivity contribution < 1.29 is 14.2 Å². The Kier molecular flexibility index (Phi) is 6.78. The van der Waals surface area contributed by atoms with Crippen LogP contribution in [0, 0.1) is 0 Å². The van der Waals surface area contributed by atoms with E-state index in [0.29, 0.717) is 6.61 Å². The molecule has 3 nitrogen and oxygen atoms in total. The molecule has 0 spiro atoms. The van der Waals surface area contributed by atoms with Crippen molar-refractivity contribution in [2.45, 2.75) is 39.6 Å². The van der Waals surface area contributed by atoms with Gasteiger partial charge in [0.1, 0.15) is 18.1 Å². The van der Waals surface area contributed by atoms with Crippen LogP contribution < -0.4 is 9.47 Å². The summed E-state index contributed by atoms with van der Waals surface area (Å²) in [6.07, 6.45) is 1.95. The maximum Gasteiger partial charge on any atom is 0.196 e. The van der Waals surface area contributed by atoms with Gasteiger partial charge in [0.25, 0.3) is 0 Å². The van der Waals surface area contributed by atoms with E-state index in [9.17, 15) is 0 Å². The van der Waals surface area contributed by atoms with E-state index in [2.05, 4.69) is 6.92 Å². The molecule has 0 aliphatic heterocycles. The first kappa shape index (κ1) is 16.4. The Bertz CT molecular complexity index is 522. The summed E-state index contributed by atoms with van der Waals surface area (Å²) in [6, 6.07) is 17.7. The number of ether oxygens (including phenoxy) is 3. The van der Waals surface area contributed by atoms with Crippen LogP contribution in [0.3, 0.4) is 0 Å². The molecule has 0 aliphatic rings. The van der Waals surface area contributed by atoms with Crippen molar-refractivity contribution in [1.82, 2.24) is 0 Å². The summed E-state index contributed by atoms with van der Waals surface area (Å²) in [6.45, 7) is 5.35. The lowest BCUT2D eigenvalue weighted by Crippen LogP contribution is -2.16. The molecule has 0 amide bonds. The maximum atomic E-state index is 5.74. The van der Waals surface area contributed by atoms with Crippen molar-refractivity contribution in [2.24, 2.45) is 0 Å². The minimum Gasteiger partial charge on any atom is -0.489 e. The molecular formula is C19H24O3. The molecule has 1 unspecified atom stereocenters. The highest BCUT2D eigenvalue weighted by Gasteiger charge is 2.04. The highest BCUT2D eigenvalue weighted by Crippen LogP contribution is 2.20. The molecule has 0 aromatic heterocycles. The molecule has 0 saturated carbocycles. The quantitative estimate of drug-likeness (QED) is 0.491. The van der Waals surface area contributed by atoms with Gasteiger partial charge < -0.3 is 14.2 Å². The van der Waals surface area contributed by atoms with Crippen molar-refractivity contribution >= 4 is 0 Å². The first-order valence-corrected chi connectivity index (χ1v) is 7.83. The summed E-state index contributed by atoms with van der Waals surface area (Å²) in [7, 11) is 0. The average Bonchev–Trinajstić information content (AvgIpc) is 2.55. The normalized spacial score (nSPS) is 11.9. The minimum absolute atomic E-state index is 0.234. The van der Waals surface area contributed by atoms with Gasteiger partial charge in [-0.05, 0) is 43.2 Å². The van der Waals surface area contributed by atoms with E-state index < -0.39 is 0 Å². The standard InChI is InChI=1S/C19H24O3/c1-3-4-14-20-16(2)22-19-12-10-18(11-13-19)21-15-17-8-6-5-7-9-17/h5-13,16H,3-4,14-15H2,1-2H3. The van der Waals surface area contributed by atoms with Crippen LogP contribution >= 0.6 is 0 Å². The van der Waals surface area contributed by atoms with Gasteiger partial charge in [-0.3, -0.25) is 0 Å². The zero-order valence-electron chi connectivity index (χ0n) is 13.3. The first-order valence-electron chi connectivity index (χ1n) is 7.83. The Balaban J connectivity index is 1.77. The molecule has 22 heavy (non-hydrogen) atoms. The Morgan fingerprint density at radius 3 is 2.27 bits per heavy atom. The smallest absolute Gasteiger partial charge is 0.196 e. The summed E-state index contributed by atoms with van der Waals surface area (Å²) >= 11 is 0. The lowest BCUT2D eigenvalue weighted by atomic mass is 10.2. The number of hydrogen-bond acceptors (Lipinski definition) is 3. The number of hydrogen-bond donors (Lipinski definition) is 0. The Morgan fingerprint density at radius 1 is 0.909 bits per heavy atom. The third-order valence-electron chi connectivity index (χ3n) is 3.22. The lowest BCUT2D eigenvalue weighted by molar-refractivity contribution is -0.0674. The zero-order chi connectivity index (χ0) is 15.6. The maximum absolute atomic E-state index is 5.74. The fourth-order valence-corrected chi connectivity index (χ4v) is 1.97. The second-order valence-corrected chi connectivity index (χ2v) is 5.16. The minimum atomic E-state index is -0.234. The Labute approximate surface area is 132 Å². The molecule has 0 bridgehead atoms. The molecule has 118 valence electrons. The molecule has 3 heteroatoms. The van der Waals surface area contributed by atoms with E-state index >= 15 is 0 Å². The Morgan fingerprint density at radius 2 is 1.59 bits per heavy atom. The largest absolute Gasteiger partial charge is 0.489 e. The molecule has 2 aromatic rings. The summed E-state index contributed by atoms with van der Waals surface area (Å²) in [5, 5.41) is 0. The third kappa shape index (κ3) is 5.78. The predicted octanol–water partition coefficient (Wildman–Crippen LogP) is 4.81. The van der Waals surface area contributed by atoms with Crippen LogP contribution in [0.4, 0.5) is 0 Å². The van der Waals surface area contributed by atoms with Crippen molar-refractivity contribution in [3.8, 4) is 11.5 Å². The third-order valence-corrected chi connectivity index (χ3v) is 3.22. The summed E-state index contributed by atoms with van der Waals surface area (Å²) in [5.74, 6) is 1.62. The van der Waals surface area contributed by atoms with Gasteiger partial charge in [0.05, 0.1) is 6.61 Å². The summed E-state index contributed by atoms with van der Waals surface area (Å²) in [5.41, 5.74) is 1.15. The van der Waals surface area contributed by atoms with Crippen molar-refractivity contribution in [1.29, 1.82) is 0 Å². The number of rotatable bonds is 9. The van der Waals surface area contributed by atoms with Crippen LogP contribution in [0.15, 0.2) is 54.6 Å². The van der Waals surface area contributed by atoms with E-state index in [4.69, 9.17) is 14.2 Å². The van der Waals surface area contributed by atoms with Crippen LogP contribution in [0.2, 0.25) is 0 Å². The lowest BCUT2D eigenvalue weighted by Gasteiger charge is -2.15.